The Kier molecular flexibility index (Phi) is 1.30. The van der Waals surface area contributed by atoms with E-state index in [4.69, 9.17) is 4.74 Å². The van der Waals surface area contributed by atoms with Gasteiger partial charge in [-0.2, -0.15) is 5.10 Å². The Morgan fingerprint density at radius 2 is 2.38 bits per heavy atom. The first-order valence-corrected chi connectivity index (χ1v) is 4.38. The van der Waals surface area contributed by atoms with Gasteiger partial charge in [0.2, 0.25) is 0 Å². The minimum atomic E-state index is 0.398. The van der Waals surface area contributed by atoms with E-state index < -0.39 is 0 Å². The van der Waals surface area contributed by atoms with Crippen LogP contribution in [0.3, 0.4) is 0 Å². The Bertz CT molecular complexity index is 433. The van der Waals surface area contributed by atoms with Crippen LogP contribution >= 0.6 is 0 Å². The van der Waals surface area contributed by atoms with Gasteiger partial charge in [0, 0.05) is 12.4 Å². The van der Waals surface area contributed by atoms with E-state index in [2.05, 4.69) is 10.1 Å². The summed E-state index contributed by atoms with van der Waals surface area (Å²) in [4.78, 5) is 4.20. The van der Waals surface area contributed by atoms with Crippen LogP contribution in [0.25, 0.3) is 5.65 Å². The summed E-state index contributed by atoms with van der Waals surface area (Å²) in [6.07, 6.45) is 8.04. The van der Waals surface area contributed by atoms with Crippen LogP contribution in [0.4, 0.5) is 0 Å². The van der Waals surface area contributed by atoms with Gasteiger partial charge >= 0.3 is 0 Å². The second-order valence-corrected chi connectivity index (χ2v) is 3.21. The molecule has 0 radical (unpaired) electrons. The lowest BCUT2D eigenvalue weighted by atomic mass is 10.5. The molecule has 0 spiro atoms. The van der Waals surface area contributed by atoms with Gasteiger partial charge in [-0.05, 0) is 18.9 Å². The first-order chi connectivity index (χ1) is 6.43. The fourth-order valence-corrected chi connectivity index (χ4v) is 1.25. The van der Waals surface area contributed by atoms with E-state index in [0.29, 0.717) is 6.10 Å². The zero-order chi connectivity index (χ0) is 8.67. The van der Waals surface area contributed by atoms with Crippen molar-refractivity contribution in [1.82, 2.24) is 14.6 Å². The lowest BCUT2D eigenvalue weighted by Crippen LogP contribution is -1.96. The molecule has 0 bridgehead atoms. The molecule has 1 saturated carbocycles. The Balaban J connectivity index is 2.06. The molecule has 0 atom stereocenters. The van der Waals surface area contributed by atoms with Gasteiger partial charge in [0.15, 0.2) is 11.4 Å². The molecule has 0 saturated heterocycles. The molecule has 2 aromatic rings. The van der Waals surface area contributed by atoms with Gasteiger partial charge in [0.25, 0.3) is 0 Å². The summed E-state index contributed by atoms with van der Waals surface area (Å²) >= 11 is 0. The molecule has 0 aliphatic heterocycles. The second kappa shape index (κ2) is 2.45. The normalized spacial score (nSPS) is 16.3. The van der Waals surface area contributed by atoms with E-state index in [1.54, 1.807) is 16.9 Å². The summed E-state index contributed by atoms with van der Waals surface area (Å²) in [6, 6.07) is 1.85. The predicted molar refractivity (Wildman–Crippen MR) is 46.6 cm³/mol. The fourth-order valence-electron chi connectivity index (χ4n) is 1.25. The topological polar surface area (TPSA) is 39.4 Å². The monoisotopic (exact) mass is 175 g/mol. The molecular weight excluding hydrogens is 166 g/mol. The number of fused-ring (bicyclic) bond motifs is 1. The quantitative estimate of drug-likeness (QED) is 0.690. The third-order valence-corrected chi connectivity index (χ3v) is 2.06. The zero-order valence-electron chi connectivity index (χ0n) is 7.05. The number of hydrogen-bond donors (Lipinski definition) is 0. The minimum Gasteiger partial charge on any atom is -0.485 e. The highest BCUT2D eigenvalue weighted by molar-refractivity contribution is 5.51. The lowest BCUT2D eigenvalue weighted by Gasteiger charge is -1.99. The van der Waals surface area contributed by atoms with Crippen molar-refractivity contribution in [3.05, 3.63) is 24.7 Å². The molecule has 0 aromatic carbocycles. The maximum absolute atomic E-state index is 5.63. The van der Waals surface area contributed by atoms with Crippen LogP contribution in [0.15, 0.2) is 24.7 Å². The maximum Gasteiger partial charge on any atom is 0.197 e. The molecule has 4 heteroatoms. The second-order valence-electron chi connectivity index (χ2n) is 3.21. The summed E-state index contributed by atoms with van der Waals surface area (Å²) in [5.41, 5.74) is 0.800. The smallest absolute Gasteiger partial charge is 0.197 e. The van der Waals surface area contributed by atoms with E-state index in [1.807, 2.05) is 12.3 Å². The molecular formula is C9H9N3O. The largest absolute Gasteiger partial charge is 0.485 e. The van der Waals surface area contributed by atoms with Crippen LogP contribution in [0.2, 0.25) is 0 Å². The van der Waals surface area contributed by atoms with E-state index in [9.17, 15) is 0 Å². The number of rotatable bonds is 2. The molecule has 1 aliphatic carbocycles. The molecule has 1 aliphatic rings. The summed E-state index contributed by atoms with van der Waals surface area (Å²) in [6.45, 7) is 0. The highest BCUT2D eigenvalue weighted by Gasteiger charge is 2.25. The van der Waals surface area contributed by atoms with Gasteiger partial charge in [-0.1, -0.05) is 0 Å². The maximum atomic E-state index is 5.63. The Hall–Kier alpha value is -1.58. The summed E-state index contributed by atoms with van der Waals surface area (Å²) < 4.78 is 7.35. The number of ether oxygens (including phenoxy) is 1. The highest BCUT2D eigenvalue weighted by atomic mass is 16.5. The fraction of sp³-hybridized carbons (Fsp3) is 0.333. The van der Waals surface area contributed by atoms with Gasteiger partial charge in [-0.25, -0.2) is 9.50 Å². The Morgan fingerprint density at radius 3 is 3.23 bits per heavy atom. The van der Waals surface area contributed by atoms with E-state index in [-0.39, 0.29) is 0 Å². The first kappa shape index (κ1) is 6.88. The van der Waals surface area contributed by atoms with Crippen molar-refractivity contribution in [3.63, 3.8) is 0 Å². The van der Waals surface area contributed by atoms with E-state index in [0.717, 1.165) is 24.2 Å². The Morgan fingerprint density at radius 1 is 1.46 bits per heavy atom. The lowest BCUT2D eigenvalue weighted by molar-refractivity contribution is 0.306. The van der Waals surface area contributed by atoms with Crippen LogP contribution in [-0.4, -0.2) is 20.7 Å². The average Bonchev–Trinajstić information content (AvgIpc) is 2.88. The van der Waals surface area contributed by atoms with E-state index in [1.165, 1.54) is 0 Å². The van der Waals surface area contributed by atoms with Crippen molar-refractivity contribution in [2.75, 3.05) is 0 Å². The first-order valence-electron chi connectivity index (χ1n) is 4.38. The third-order valence-electron chi connectivity index (χ3n) is 2.06. The van der Waals surface area contributed by atoms with Crippen LogP contribution < -0.4 is 4.74 Å². The van der Waals surface area contributed by atoms with Crippen LogP contribution in [0.5, 0.6) is 5.75 Å². The van der Waals surface area contributed by atoms with Gasteiger partial charge in [-0.15, -0.1) is 0 Å². The molecule has 4 nitrogen and oxygen atoms in total. The summed E-state index contributed by atoms with van der Waals surface area (Å²) in [5, 5.41) is 4.13. The van der Waals surface area contributed by atoms with Gasteiger partial charge in [0.05, 0.1) is 12.3 Å². The van der Waals surface area contributed by atoms with Crippen LogP contribution in [0.1, 0.15) is 12.8 Å². The molecule has 0 unspecified atom stereocenters. The molecule has 3 rings (SSSR count). The third kappa shape index (κ3) is 1.14. The highest BCUT2D eigenvalue weighted by Crippen LogP contribution is 2.28. The van der Waals surface area contributed by atoms with Crippen molar-refractivity contribution < 1.29 is 4.74 Å². The van der Waals surface area contributed by atoms with Crippen molar-refractivity contribution in [2.45, 2.75) is 18.9 Å². The van der Waals surface area contributed by atoms with Crippen LogP contribution in [-0.2, 0) is 0 Å². The van der Waals surface area contributed by atoms with Crippen molar-refractivity contribution in [3.8, 4) is 5.75 Å². The van der Waals surface area contributed by atoms with Crippen LogP contribution in [0, 0.1) is 0 Å². The molecule has 0 N–H and O–H groups in total. The zero-order valence-corrected chi connectivity index (χ0v) is 7.05. The van der Waals surface area contributed by atoms with Crippen molar-refractivity contribution >= 4 is 5.65 Å². The Labute approximate surface area is 75.2 Å². The molecule has 2 heterocycles. The predicted octanol–water partition coefficient (Wildman–Crippen LogP) is 1.27. The summed E-state index contributed by atoms with van der Waals surface area (Å²) in [5.74, 6) is 0.795. The SMILES string of the molecule is c1cnc2c(OC3CC3)cnn2c1. The number of aromatic nitrogens is 3. The summed E-state index contributed by atoms with van der Waals surface area (Å²) in [7, 11) is 0. The van der Waals surface area contributed by atoms with Gasteiger partial charge in [0.1, 0.15) is 0 Å². The minimum absolute atomic E-state index is 0.398. The average molecular weight is 175 g/mol. The molecule has 2 aromatic heterocycles. The number of nitrogens with zero attached hydrogens (tertiary/aromatic N) is 3. The molecule has 0 amide bonds. The van der Waals surface area contributed by atoms with Crippen molar-refractivity contribution in [2.24, 2.45) is 0 Å². The van der Waals surface area contributed by atoms with Crippen molar-refractivity contribution in [1.29, 1.82) is 0 Å². The molecule has 1 fully saturated rings. The number of hydrogen-bond acceptors (Lipinski definition) is 3. The standard InChI is InChI=1S/C9H9N3O/c1-4-10-9-8(13-7-2-3-7)6-11-12(9)5-1/h1,4-7H,2-3H2. The molecule has 66 valence electrons. The molecule has 13 heavy (non-hydrogen) atoms. The van der Waals surface area contributed by atoms with Gasteiger partial charge < -0.3 is 4.74 Å². The van der Waals surface area contributed by atoms with Gasteiger partial charge in [-0.3, -0.25) is 0 Å². The van der Waals surface area contributed by atoms with E-state index >= 15 is 0 Å².